The molecule has 0 fully saturated rings. The Balaban J connectivity index is 1.99. The van der Waals surface area contributed by atoms with Gasteiger partial charge in [-0.3, -0.25) is 0 Å². The van der Waals surface area contributed by atoms with Crippen molar-refractivity contribution in [3.05, 3.63) is 76.3 Å². The second kappa shape index (κ2) is 6.49. The summed E-state index contributed by atoms with van der Waals surface area (Å²) in [6.07, 6.45) is 1.24. The molecule has 0 bridgehead atoms. The monoisotopic (exact) mass is 388 g/mol. The van der Waals surface area contributed by atoms with Gasteiger partial charge in [-0.2, -0.15) is 0 Å². The highest BCUT2D eigenvalue weighted by molar-refractivity contribution is 9.11. The zero-order valence-corrected chi connectivity index (χ0v) is 14.3. The van der Waals surface area contributed by atoms with E-state index in [1.165, 1.54) is 6.08 Å². The van der Waals surface area contributed by atoms with Gasteiger partial charge in [0.25, 0.3) is 0 Å². The predicted octanol–water partition coefficient (Wildman–Crippen LogP) is 3.54. The Labute approximate surface area is 147 Å². The average molecular weight is 389 g/mol. The highest BCUT2D eigenvalue weighted by Gasteiger charge is 2.48. The van der Waals surface area contributed by atoms with Crippen molar-refractivity contribution in [2.75, 3.05) is 7.11 Å². The number of ether oxygens (including phenoxy) is 3. The van der Waals surface area contributed by atoms with Gasteiger partial charge < -0.3 is 14.2 Å². The van der Waals surface area contributed by atoms with Crippen LogP contribution in [0.15, 0.2) is 65.2 Å². The lowest BCUT2D eigenvalue weighted by molar-refractivity contribution is -0.183. The van der Waals surface area contributed by atoms with E-state index in [0.29, 0.717) is 21.4 Å². The SMILES string of the molecule is COc1ccc([C@@]2(OC(=O)c3ccccc3)OC(=O)C=C2Br)cc1. The molecule has 0 saturated heterocycles. The summed E-state index contributed by atoms with van der Waals surface area (Å²) in [7, 11) is 1.55. The van der Waals surface area contributed by atoms with Crippen LogP contribution in [0.2, 0.25) is 0 Å². The highest BCUT2D eigenvalue weighted by atomic mass is 79.9. The molecule has 0 aliphatic carbocycles. The number of esters is 2. The summed E-state index contributed by atoms with van der Waals surface area (Å²) in [5.41, 5.74) is 0.843. The minimum Gasteiger partial charge on any atom is -0.497 e. The summed E-state index contributed by atoms with van der Waals surface area (Å²) in [6.45, 7) is 0. The number of halogens is 1. The summed E-state index contributed by atoms with van der Waals surface area (Å²) in [5.74, 6) is -2.21. The van der Waals surface area contributed by atoms with Crippen LogP contribution in [0.3, 0.4) is 0 Å². The zero-order valence-electron chi connectivity index (χ0n) is 12.7. The molecule has 0 radical (unpaired) electrons. The van der Waals surface area contributed by atoms with E-state index in [-0.39, 0.29) is 0 Å². The van der Waals surface area contributed by atoms with Gasteiger partial charge in [0.2, 0.25) is 0 Å². The Bertz CT molecular complexity index is 798. The van der Waals surface area contributed by atoms with E-state index >= 15 is 0 Å². The van der Waals surface area contributed by atoms with E-state index in [1.807, 2.05) is 0 Å². The van der Waals surface area contributed by atoms with Gasteiger partial charge in [-0.05, 0) is 52.3 Å². The van der Waals surface area contributed by atoms with E-state index in [2.05, 4.69) is 15.9 Å². The summed E-state index contributed by atoms with van der Waals surface area (Å²) in [5, 5.41) is 0. The Morgan fingerprint density at radius 2 is 1.75 bits per heavy atom. The van der Waals surface area contributed by atoms with Crippen LogP contribution in [0.5, 0.6) is 5.75 Å². The summed E-state index contributed by atoms with van der Waals surface area (Å²) >= 11 is 3.28. The maximum absolute atomic E-state index is 12.5. The number of hydrogen-bond donors (Lipinski definition) is 0. The number of rotatable bonds is 4. The predicted molar refractivity (Wildman–Crippen MR) is 89.6 cm³/mol. The second-order valence-electron chi connectivity index (χ2n) is 5.01. The van der Waals surface area contributed by atoms with Crippen molar-refractivity contribution in [1.29, 1.82) is 0 Å². The smallest absolute Gasteiger partial charge is 0.341 e. The Morgan fingerprint density at radius 3 is 2.29 bits per heavy atom. The third-order valence-electron chi connectivity index (χ3n) is 3.52. The molecule has 0 unspecified atom stereocenters. The molecular weight excluding hydrogens is 376 g/mol. The van der Waals surface area contributed by atoms with Crippen molar-refractivity contribution in [2.45, 2.75) is 5.79 Å². The zero-order chi connectivity index (χ0) is 17.2. The number of carbonyl (C=O) groups excluding carboxylic acids is 2. The Hall–Kier alpha value is -2.60. The van der Waals surface area contributed by atoms with Crippen LogP contribution in [0.1, 0.15) is 15.9 Å². The molecule has 0 N–H and O–H groups in total. The van der Waals surface area contributed by atoms with E-state index < -0.39 is 17.7 Å². The maximum Gasteiger partial charge on any atom is 0.341 e. The maximum atomic E-state index is 12.5. The molecule has 0 spiro atoms. The summed E-state index contributed by atoms with van der Waals surface area (Å²) < 4.78 is 16.4. The van der Waals surface area contributed by atoms with Crippen molar-refractivity contribution >= 4 is 27.9 Å². The Morgan fingerprint density at radius 1 is 1.08 bits per heavy atom. The minimum absolute atomic E-state index is 0.314. The molecular formula is C18H13BrO5. The molecule has 0 saturated carbocycles. The van der Waals surface area contributed by atoms with Crippen molar-refractivity contribution < 1.29 is 23.8 Å². The lowest BCUT2D eigenvalue weighted by Gasteiger charge is -2.28. The van der Waals surface area contributed by atoms with Crippen molar-refractivity contribution in [3.63, 3.8) is 0 Å². The highest BCUT2D eigenvalue weighted by Crippen LogP contribution is 2.43. The molecule has 122 valence electrons. The van der Waals surface area contributed by atoms with Crippen molar-refractivity contribution in [1.82, 2.24) is 0 Å². The fraction of sp³-hybridized carbons (Fsp3) is 0.111. The average Bonchev–Trinajstić information content (AvgIpc) is 2.90. The molecule has 5 nitrogen and oxygen atoms in total. The third kappa shape index (κ3) is 2.92. The van der Waals surface area contributed by atoms with Gasteiger partial charge >= 0.3 is 17.7 Å². The molecule has 6 heteroatoms. The largest absolute Gasteiger partial charge is 0.497 e. The standard InChI is InChI=1S/C18H13BrO5/c1-22-14-9-7-13(8-10-14)18(15(19)11-16(20)23-18)24-17(21)12-5-3-2-4-6-12/h2-11H,1H3/t18-/m0/s1. The first kappa shape index (κ1) is 16.3. The first-order valence-corrected chi connectivity index (χ1v) is 7.88. The van der Waals surface area contributed by atoms with Gasteiger partial charge in [-0.15, -0.1) is 0 Å². The van der Waals surface area contributed by atoms with E-state index in [9.17, 15) is 9.59 Å². The molecule has 3 rings (SSSR count). The lowest BCUT2D eigenvalue weighted by Crippen LogP contribution is -2.34. The van der Waals surface area contributed by atoms with Gasteiger partial charge in [-0.1, -0.05) is 18.2 Å². The molecule has 1 atom stereocenters. The van der Waals surface area contributed by atoms with Gasteiger partial charge in [0, 0.05) is 11.6 Å². The molecule has 2 aromatic carbocycles. The second-order valence-corrected chi connectivity index (χ2v) is 5.87. The molecule has 0 amide bonds. The molecule has 1 aliphatic heterocycles. The van der Waals surface area contributed by atoms with Gasteiger partial charge in [0.05, 0.1) is 17.2 Å². The topological polar surface area (TPSA) is 61.8 Å². The van der Waals surface area contributed by atoms with Crippen LogP contribution in [0.4, 0.5) is 0 Å². The van der Waals surface area contributed by atoms with Crippen LogP contribution >= 0.6 is 15.9 Å². The van der Waals surface area contributed by atoms with Crippen LogP contribution in [-0.2, 0) is 20.1 Å². The fourth-order valence-electron chi connectivity index (χ4n) is 2.32. The summed E-state index contributed by atoms with van der Waals surface area (Å²) in [4.78, 5) is 24.2. The number of benzene rings is 2. The number of hydrogen-bond acceptors (Lipinski definition) is 5. The molecule has 1 heterocycles. The number of cyclic esters (lactones) is 1. The Kier molecular flexibility index (Phi) is 4.40. The quantitative estimate of drug-likeness (QED) is 0.749. The fourth-order valence-corrected chi connectivity index (χ4v) is 2.90. The van der Waals surface area contributed by atoms with Crippen molar-refractivity contribution in [2.24, 2.45) is 0 Å². The van der Waals surface area contributed by atoms with Crippen LogP contribution in [0, 0.1) is 0 Å². The van der Waals surface area contributed by atoms with Crippen LogP contribution in [-0.4, -0.2) is 19.0 Å². The van der Waals surface area contributed by atoms with Crippen molar-refractivity contribution in [3.8, 4) is 5.75 Å². The molecule has 1 aliphatic rings. The third-order valence-corrected chi connectivity index (χ3v) is 4.27. The minimum atomic E-state index is -1.64. The number of carbonyl (C=O) groups is 2. The van der Waals surface area contributed by atoms with E-state index in [1.54, 1.807) is 61.7 Å². The normalized spacial score (nSPS) is 19.4. The van der Waals surface area contributed by atoms with Crippen LogP contribution < -0.4 is 4.74 Å². The first-order chi connectivity index (χ1) is 11.5. The van der Waals surface area contributed by atoms with E-state index in [0.717, 1.165) is 0 Å². The van der Waals surface area contributed by atoms with Gasteiger partial charge in [0.1, 0.15) is 5.75 Å². The number of methoxy groups -OCH3 is 1. The molecule has 2 aromatic rings. The first-order valence-electron chi connectivity index (χ1n) is 7.09. The van der Waals surface area contributed by atoms with Gasteiger partial charge in [-0.25, -0.2) is 9.59 Å². The summed E-state index contributed by atoms with van der Waals surface area (Å²) in [6, 6.07) is 15.2. The molecule has 24 heavy (non-hydrogen) atoms. The van der Waals surface area contributed by atoms with E-state index in [4.69, 9.17) is 14.2 Å². The lowest BCUT2D eigenvalue weighted by atomic mass is 10.1. The van der Waals surface area contributed by atoms with Crippen LogP contribution in [0.25, 0.3) is 0 Å². The van der Waals surface area contributed by atoms with Gasteiger partial charge in [0.15, 0.2) is 0 Å². The molecule has 0 aromatic heterocycles.